The van der Waals surface area contributed by atoms with E-state index < -0.39 is 5.91 Å². The Kier molecular flexibility index (Phi) is 4.26. The van der Waals surface area contributed by atoms with Gasteiger partial charge in [-0.15, -0.1) is 0 Å². The molecule has 1 aliphatic rings. The lowest BCUT2D eigenvalue weighted by Gasteiger charge is -2.09. The summed E-state index contributed by atoms with van der Waals surface area (Å²) in [6, 6.07) is 9.87. The van der Waals surface area contributed by atoms with E-state index in [1.54, 1.807) is 0 Å². The Labute approximate surface area is 149 Å². The molecule has 1 saturated heterocycles. The van der Waals surface area contributed by atoms with Gasteiger partial charge in [0.2, 0.25) is 0 Å². The number of amides is 1. The van der Waals surface area contributed by atoms with Crippen LogP contribution in [0.15, 0.2) is 35.1 Å². The molecule has 1 fully saturated rings. The van der Waals surface area contributed by atoms with Crippen LogP contribution < -0.4 is 11.4 Å². The summed E-state index contributed by atoms with van der Waals surface area (Å²) < 4.78 is 6.93. The van der Waals surface area contributed by atoms with Gasteiger partial charge < -0.3 is 15.5 Å². The number of primary amides is 1. The minimum atomic E-state index is -0.686. The molecule has 8 nitrogen and oxygen atoms in total. The molecule has 3 aromatic rings. The highest BCUT2D eigenvalue weighted by Gasteiger charge is 2.25. The van der Waals surface area contributed by atoms with Gasteiger partial charge in [0, 0.05) is 19.1 Å². The van der Waals surface area contributed by atoms with Gasteiger partial charge in [-0.3, -0.25) is 9.36 Å². The second kappa shape index (κ2) is 6.72. The molecule has 4 rings (SSSR count). The van der Waals surface area contributed by atoms with Gasteiger partial charge in [0.1, 0.15) is 11.3 Å². The Hall–Kier alpha value is -3.00. The van der Waals surface area contributed by atoms with Crippen molar-refractivity contribution < 1.29 is 9.53 Å². The summed E-state index contributed by atoms with van der Waals surface area (Å²) in [4.78, 5) is 35.8. The van der Waals surface area contributed by atoms with Crippen LogP contribution in [-0.4, -0.2) is 38.6 Å². The van der Waals surface area contributed by atoms with Gasteiger partial charge in [-0.25, -0.2) is 14.8 Å². The number of benzene rings is 1. The first-order valence-corrected chi connectivity index (χ1v) is 8.55. The maximum Gasteiger partial charge on any atom is 0.327 e. The number of ether oxygens (including phenoxy) is 1. The van der Waals surface area contributed by atoms with Crippen molar-refractivity contribution in [2.75, 3.05) is 13.2 Å². The summed E-state index contributed by atoms with van der Waals surface area (Å²) in [6.07, 6.45) is 1.45. The number of aromatic amines is 1. The van der Waals surface area contributed by atoms with Crippen LogP contribution in [0.1, 0.15) is 34.2 Å². The molecule has 0 saturated carbocycles. The summed E-state index contributed by atoms with van der Waals surface area (Å²) in [5.41, 5.74) is 7.02. The van der Waals surface area contributed by atoms with E-state index in [2.05, 4.69) is 15.0 Å². The Bertz CT molecular complexity index is 1000. The predicted octanol–water partition coefficient (Wildman–Crippen LogP) is 0.965. The first-order chi connectivity index (χ1) is 12.6. The Morgan fingerprint density at radius 3 is 2.81 bits per heavy atom. The maximum atomic E-state index is 12.4. The average molecular weight is 353 g/mol. The fraction of sp³-hybridized carbons (Fsp3) is 0.333. The van der Waals surface area contributed by atoms with Gasteiger partial charge >= 0.3 is 5.69 Å². The first kappa shape index (κ1) is 16.5. The summed E-state index contributed by atoms with van der Waals surface area (Å²) >= 11 is 0. The fourth-order valence-corrected chi connectivity index (χ4v) is 3.24. The molecular weight excluding hydrogens is 334 g/mol. The van der Waals surface area contributed by atoms with Crippen molar-refractivity contribution in [2.45, 2.75) is 25.3 Å². The minimum absolute atomic E-state index is 0.00470. The molecule has 1 atom stereocenters. The number of fused-ring (bicyclic) bond motifs is 1. The molecule has 0 bridgehead atoms. The fourth-order valence-electron chi connectivity index (χ4n) is 3.24. The van der Waals surface area contributed by atoms with Crippen LogP contribution in [0.4, 0.5) is 0 Å². The van der Waals surface area contributed by atoms with Crippen LogP contribution in [0, 0.1) is 0 Å². The van der Waals surface area contributed by atoms with Crippen molar-refractivity contribution in [3.8, 4) is 0 Å². The standard InChI is InChI=1S/C18H19N5O3/c19-15(24)13-14-17(22-16(20-13)12-7-9-26-10-12)23(18(25)21-14)8-6-11-4-2-1-3-5-11/h1-5,12H,6-10H2,(H2,19,24)(H,21,25)/t12-/m1/s1. The summed E-state index contributed by atoms with van der Waals surface area (Å²) in [5.74, 6) is -0.185. The summed E-state index contributed by atoms with van der Waals surface area (Å²) in [7, 11) is 0. The van der Waals surface area contributed by atoms with E-state index in [0.29, 0.717) is 43.2 Å². The molecule has 0 spiro atoms. The van der Waals surface area contributed by atoms with E-state index >= 15 is 0 Å². The number of nitrogens with one attached hydrogen (secondary N) is 1. The Morgan fingerprint density at radius 1 is 1.31 bits per heavy atom. The van der Waals surface area contributed by atoms with Gasteiger partial charge in [-0.05, 0) is 18.4 Å². The molecule has 3 heterocycles. The maximum absolute atomic E-state index is 12.4. The lowest BCUT2D eigenvalue weighted by molar-refractivity contribution is 0.0996. The van der Waals surface area contributed by atoms with Crippen LogP contribution in [-0.2, 0) is 17.7 Å². The number of hydrogen-bond acceptors (Lipinski definition) is 5. The number of nitrogens with zero attached hydrogens (tertiary/aromatic N) is 3. The molecule has 134 valence electrons. The third-order valence-corrected chi connectivity index (χ3v) is 4.64. The Balaban J connectivity index is 1.78. The van der Waals surface area contributed by atoms with Gasteiger partial charge in [-0.2, -0.15) is 0 Å². The number of H-pyrrole nitrogens is 1. The number of carbonyl (C=O) groups excluding carboxylic acids is 1. The summed E-state index contributed by atoms with van der Waals surface area (Å²) in [5, 5.41) is 0. The van der Waals surface area contributed by atoms with Crippen LogP contribution in [0.25, 0.3) is 11.2 Å². The zero-order valence-corrected chi connectivity index (χ0v) is 14.1. The van der Waals surface area contributed by atoms with Crippen LogP contribution in [0.5, 0.6) is 0 Å². The minimum Gasteiger partial charge on any atom is -0.381 e. The second-order valence-electron chi connectivity index (χ2n) is 6.37. The molecule has 1 aromatic carbocycles. The van der Waals surface area contributed by atoms with E-state index in [0.717, 1.165) is 12.0 Å². The third kappa shape index (κ3) is 2.99. The lowest BCUT2D eigenvalue weighted by Crippen LogP contribution is -2.19. The van der Waals surface area contributed by atoms with Crippen molar-refractivity contribution in [3.63, 3.8) is 0 Å². The predicted molar refractivity (Wildman–Crippen MR) is 95.0 cm³/mol. The van der Waals surface area contributed by atoms with Crippen molar-refractivity contribution in [1.82, 2.24) is 19.5 Å². The second-order valence-corrected chi connectivity index (χ2v) is 6.37. The number of rotatable bonds is 5. The number of nitrogens with two attached hydrogens (primary N) is 1. The van der Waals surface area contributed by atoms with E-state index in [4.69, 9.17) is 10.5 Å². The highest BCUT2D eigenvalue weighted by molar-refractivity contribution is 6.01. The quantitative estimate of drug-likeness (QED) is 0.709. The van der Waals surface area contributed by atoms with Crippen molar-refractivity contribution in [3.05, 3.63) is 57.9 Å². The molecule has 1 amide bonds. The van der Waals surface area contributed by atoms with Gasteiger partial charge in [0.15, 0.2) is 11.3 Å². The summed E-state index contributed by atoms with van der Waals surface area (Å²) in [6.45, 7) is 1.58. The molecule has 8 heteroatoms. The third-order valence-electron chi connectivity index (χ3n) is 4.64. The van der Waals surface area contributed by atoms with Crippen molar-refractivity contribution in [2.24, 2.45) is 5.73 Å². The zero-order valence-electron chi connectivity index (χ0n) is 14.1. The van der Waals surface area contributed by atoms with Gasteiger partial charge in [0.05, 0.1) is 6.61 Å². The van der Waals surface area contributed by atoms with Crippen LogP contribution in [0.3, 0.4) is 0 Å². The largest absolute Gasteiger partial charge is 0.381 e. The smallest absolute Gasteiger partial charge is 0.327 e. The number of hydrogen-bond donors (Lipinski definition) is 2. The molecule has 1 aliphatic heterocycles. The normalized spacial score (nSPS) is 17.0. The number of aromatic nitrogens is 4. The monoisotopic (exact) mass is 353 g/mol. The molecule has 0 unspecified atom stereocenters. The molecular formula is C18H19N5O3. The first-order valence-electron chi connectivity index (χ1n) is 8.55. The van der Waals surface area contributed by atoms with Gasteiger partial charge in [-0.1, -0.05) is 30.3 Å². The van der Waals surface area contributed by atoms with Crippen LogP contribution >= 0.6 is 0 Å². The molecule has 2 aromatic heterocycles. The lowest BCUT2D eigenvalue weighted by atomic mass is 10.1. The van der Waals surface area contributed by atoms with E-state index in [1.165, 1.54) is 4.57 Å². The van der Waals surface area contributed by atoms with Crippen molar-refractivity contribution in [1.29, 1.82) is 0 Å². The number of imidazole rings is 1. The van der Waals surface area contributed by atoms with Crippen LogP contribution in [0.2, 0.25) is 0 Å². The van der Waals surface area contributed by atoms with E-state index in [-0.39, 0.29) is 17.3 Å². The molecule has 0 radical (unpaired) electrons. The van der Waals surface area contributed by atoms with Gasteiger partial charge in [0.25, 0.3) is 5.91 Å². The number of carbonyl (C=O) groups is 1. The zero-order chi connectivity index (χ0) is 18.1. The average Bonchev–Trinajstić information content (AvgIpc) is 3.27. The van der Waals surface area contributed by atoms with E-state index in [9.17, 15) is 9.59 Å². The number of aryl methyl sites for hydroxylation is 2. The molecule has 0 aliphatic carbocycles. The van der Waals surface area contributed by atoms with Crippen molar-refractivity contribution >= 4 is 17.1 Å². The SMILES string of the molecule is NC(=O)c1nc([C@@H]2CCOC2)nc2c1[nH]c(=O)n2CCc1ccccc1. The highest BCUT2D eigenvalue weighted by Crippen LogP contribution is 2.24. The topological polar surface area (TPSA) is 116 Å². The Morgan fingerprint density at radius 2 is 2.12 bits per heavy atom. The van der Waals surface area contributed by atoms with E-state index in [1.807, 2.05) is 30.3 Å². The molecule has 3 N–H and O–H groups in total. The highest BCUT2D eigenvalue weighted by atomic mass is 16.5. The molecule has 26 heavy (non-hydrogen) atoms.